The van der Waals surface area contributed by atoms with Crippen LogP contribution in [0.1, 0.15) is 25.6 Å². The van der Waals surface area contributed by atoms with Gasteiger partial charge in [0.1, 0.15) is 5.76 Å². The summed E-state index contributed by atoms with van der Waals surface area (Å²) in [5.74, 6) is 0.890. The van der Waals surface area contributed by atoms with Crippen molar-refractivity contribution in [1.82, 2.24) is 5.32 Å². The Balaban J connectivity index is 2.82. The summed E-state index contributed by atoms with van der Waals surface area (Å²) in [6, 6.07) is 1.98. The fraction of sp³-hybridized carbons (Fsp3) is 0.600. The van der Waals surface area contributed by atoms with E-state index in [4.69, 9.17) is 9.15 Å². The average molecular weight is 262 g/mol. The van der Waals surface area contributed by atoms with Gasteiger partial charge in [0.2, 0.25) is 0 Å². The van der Waals surface area contributed by atoms with Crippen molar-refractivity contribution in [1.29, 1.82) is 0 Å². The van der Waals surface area contributed by atoms with Crippen LogP contribution in [-0.2, 0) is 4.74 Å². The lowest BCUT2D eigenvalue weighted by Gasteiger charge is -2.21. The summed E-state index contributed by atoms with van der Waals surface area (Å²) in [5.41, 5.74) is 0. The van der Waals surface area contributed by atoms with E-state index in [0.29, 0.717) is 0 Å². The molecule has 1 heterocycles. The highest BCUT2D eigenvalue weighted by atomic mass is 79.9. The molecule has 0 aromatic carbocycles. The highest BCUT2D eigenvalue weighted by Gasteiger charge is 2.23. The summed E-state index contributed by atoms with van der Waals surface area (Å²) >= 11 is 3.45. The highest BCUT2D eigenvalue weighted by molar-refractivity contribution is 9.10. The molecule has 0 saturated heterocycles. The predicted molar refractivity (Wildman–Crippen MR) is 59.3 cm³/mol. The molecule has 1 N–H and O–H groups in total. The van der Waals surface area contributed by atoms with Crippen LogP contribution in [0, 0.1) is 0 Å². The Kier molecular flexibility index (Phi) is 4.65. The Morgan fingerprint density at radius 3 is 2.79 bits per heavy atom. The van der Waals surface area contributed by atoms with Crippen molar-refractivity contribution < 1.29 is 9.15 Å². The third-order valence-corrected chi connectivity index (χ3v) is 2.85. The number of rotatable bonds is 5. The van der Waals surface area contributed by atoms with Gasteiger partial charge >= 0.3 is 0 Å². The van der Waals surface area contributed by atoms with Gasteiger partial charge in [-0.15, -0.1) is 0 Å². The van der Waals surface area contributed by atoms with Gasteiger partial charge in [0.25, 0.3) is 0 Å². The molecule has 0 amide bonds. The van der Waals surface area contributed by atoms with Crippen molar-refractivity contribution in [2.24, 2.45) is 0 Å². The van der Waals surface area contributed by atoms with Gasteiger partial charge in [-0.1, -0.05) is 6.92 Å². The number of nitrogens with one attached hydrogen (secondary N) is 1. The van der Waals surface area contributed by atoms with Crippen LogP contribution in [-0.4, -0.2) is 19.8 Å². The Morgan fingerprint density at radius 1 is 1.64 bits per heavy atom. The minimum absolute atomic E-state index is 0.0809. The summed E-state index contributed by atoms with van der Waals surface area (Å²) in [6.45, 7) is 4.96. The molecule has 4 heteroatoms. The number of ether oxygens (including phenoxy) is 1. The van der Waals surface area contributed by atoms with Crippen molar-refractivity contribution >= 4 is 15.9 Å². The summed E-state index contributed by atoms with van der Waals surface area (Å²) < 4.78 is 11.7. The van der Waals surface area contributed by atoms with Gasteiger partial charge in [0, 0.05) is 7.11 Å². The second kappa shape index (κ2) is 5.53. The van der Waals surface area contributed by atoms with Crippen molar-refractivity contribution in [3.63, 3.8) is 0 Å². The predicted octanol–water partition coefficient (Wildman–Crippen LogP) is 2.73. The van der Waals surface area contributed by atoms with Crippen molar-refractivity contribution in [3.8, 4) is 0 Å². The first kappa shape index (κ1) is 11.8. The van der Waals surface area contributed by atoms with Gasteiger partial charge in [-0.05, 0) is 35.5 Å². The Labute approximate surface area is 92.9 Å². The molecule has 0 fully saturated rings. The smallest absolute Gasteiger partial charge is 0.137 e. The minimum atomic E-state index is 0.0809. The molecule has 1 rings (SSSR count). The molecule has 0 aliphatic rings. The van der Waals surface area contributed by atoms with Crippen LogP contribution in [0.25, 0.3) is 0 Å². The number of hydrogen-bond acceptors (Lipinski definition) is 3. The number of furan rings is 1. The van der Waals surface area contributed by atoms with E-state index in [0.717, 1.165) is 16.8 Å². The second-order valence-corrected chi connectivity index (χ2v) is 3.96. The first-order valence-corrected chi connectivity index (χ1v) is 5.49. The lowest BCUT2D eigenvalue weighted by molar-refractivity contribution is 0.0757. The van der Waals surface area contributed by atoms with Crippen LogP contribution in [0.3, 0.4) is 0 Å². The number of methoxy groups -OCH3 is 1. The summed E-state index contributed by atoms with van der Waals surface area (Å²) in [7, 11) is 1.70. The van der Waals surface area contributed by atoms with E-state index in [1.807, 2.05) is 13.0 Å². The zero-order chi connectivity index (χ0) is 10.6. The molecule has 0 aliphatic carbocycles. The molecule has 2 unspecified atom stereocenters. The van der Waals surface area contributed by atoms with E-state index in [-0.39, 0.29) is 12.1 Å². The maximum Gasteiger partial charge on any atom is 0.137 e. The number of halogens is 1. The molecule has 0 radical (unpaired) electrons. The van der Waals surface area contributed by atoms with Crippen LogP contribution in [0.5, 0.6) is 0 Å². The third kappa shape index (κ3) is 2.59. The topological polar surface area (TPSA) is 34.4 Å². The SMILES string of the molecule is CCNC(c1occc1Br)C(C)OC. The van der Waals surface area contributed by atoms with Gasteiger partial charge in [0.05, 0.1) is 22.9 Å². The monoisotopic (exact) mass is 261 g/mol. The largest absolute Gasteiger partial charge is 0.466 e. The van der Waals surface area contributed by atoms with Crippen LogP contribution in [0.4, 0.5) is 0 Å². The molecule has 0 spiro atoms. The van der Waals surface area contributed by atoms with E-state index < -0.39 is 0 Å². The van der Waals surface area contributed by atoms with Crippen LogP contribution >= 0.6 is 15.9 Å². The standard InChI is InChI=1S/C10H16BrNO2/c1-4-12-9(7(2)13-3)10-8(11)5-6-14-10/h5-7,9,12H,4H2,1-3H3. The highest BCUT2D eigenvalue weighted by Crippen LogP contribution is 2.27. The zero-order valence-corrected chi connectivity index (χ0v) is 10.3. The molecule has 0 aliphatic heterocycles. The maximum absolute atomic E-state index is 5.41. The van der Waals surface area contributed by atoms with Gasteiger partial charge in [0.15, 0.2) is 0 Å². The van der Waals surface area contributed by atoms with Crippen LogP contribution < -0.4 is 5.32 Å². The number of hydrogen-bond donors (Lipinski definition) is 1. The normalized spacial score (nSPS) is 15.4. The summed E-state index contributed by atoms with van der Waals surface area (Å²) in [5, 5.41) is 3.33. The van der Waals surface area contributed by atoms with Gasteiger partial charge in [-0.25, -0.2) is 0 Å². The molecular formula is C10H16BrNO2. The summed E-state index contributed by atoms with van der Waals surface area (Å²) in [6.07, 6.45) is 1.75. The van der Waals surface area contributed by atoms with Crippen molar-refractivity contribution in [3.05, 3.63) is 22.6 Å². The fourth-order valence-electron chi connectivity index (χ4n) is 1.36. The molecule has 0 saturated carbocycles. The number of likely N-dealkylation sites (N-methyl/N-ethyl adjacent to an activating group) is 1. The van der Waals surface area contributed by atoms with E-state index in [9.17, 15) is 0 Å². The molecular weight excluding hydrogens is 246 g/mol. The molecule has 3 nitrogen and oxygen atoms in total. The van der Waals surface area contributed by atoms with E-state index in [2.05, 4.69) is 28.2 Å². The van der Waals surface area contributed by atoms with E-state index in [1.165, 1.54) is 0 Å². The first-order chi connectivity index (χ1) is 6.70. The minimum Gasteiger partial charge on any atom is -0.466 e. The van der Waals surface area contributed by atoms with Crippen LogP contribution in [0.15, 0.2) is 21.2 Å². The van der Waals surface area contributed by atoms with E-state index in [1.54, 1.807) is 13.4 Å². The lowest BCUT2D eigenvalue weighted by Crippen LogP contribution is -2.31. The molecule has 80 valence electrons. The average Bonchev–Trinajstić information content (AvgIpc) is 2.60. The third-order valence-electron chi connectivity index (χ3n) is 2.19. The molecule has 1 aromatic heterocycles. The molecule has 2 atom stereocenters. The Morgan fingerprint density at radius 2 is 2.36 bits per heavy atom. The second-order valence-electron chi connectivity index (χ2n) is 3.11. The Bertz CT molecular complexity index is 275. The Hall–Kier alpha value is -0.320. The fourth-order valence-corrected chi connectivity index (χ4v) is 1.80. The summed E-state index contributed by atoms with van der Waals surface area (Å²) in [4.78, 5) is 0. The molecule has 1 aromatic rings. The lowest BCUT2D eigenvalue weighted by atomic mass is 10.1. The van der Waals surface area contributed by atoms with Gasteiger partial charge in [-0.2, -0.15) is 0 Å². The maximum atomic E-state index is 5.41. The first-order valence-electron chi connectivity index (χ1n) is 4.69. The van der Waals surface area contributed by atoms with Gasteiger partial charge in [-0.3, -0.25) is 0 Å². The van der Waals surface area contributed by atoms with E-state index >= 15 is 0 Å². The van der Waals surface area contributed by atoms with Crippen molar-refractivity contribution in [2.75, 3.05) is 13.7 Å². The quantitative estimate of drug-likeness (QED) is 0.885. The molecule has 0 bridgehead atoms. The van der Waals surface area contributed by atoms with Crippen molar-refractivity contribution in [2.45, 2.75) is 26.0 Å². The van der Waals surface area contributed by atoms with Crippen LogP contribution in [0.2, 0.25) is 0 Å². The molecule has 14 heavy (non-hydrogen) atoms. The zero-order valence-electron chi connectivity index (χ0n) is 8.71. The van der Waals surface area contributed by atoms with Gasteiger partial charge < -0.3 is 14.5 Å².